The normalized spacial score (nSPS) is 15.9. The molecule has 1 amide bonds. The number of nitrogens with zero attached hydrogens (tertiary/aromatic N) is 2. The lowest BCUT2D eigenvalue weighted by molar-refractivity contribution is -0.116. The molecule has 1 N–H and O–H groups in total. The van der Waals surface area contributed by atoms with Crippen LogP contribution in [0.15, 0.2) is 54.7 Å². The molecule has 1 atom stereocenters. The number of carbonyl (C=O) groups excluding carboxylic acids is 1. The van der Waals surface area contributed by atoms with E-state index in [0.29, 0.717) is 23.9 Å². The Morgan fingerprint density at radius 1 is 1.22 bits per heavy atom. The molecule has 2 heterocycles. The molecule has 0 bridgehead atoms. The van der Waals surface area contributed by atoms with Crippen molar-refractivity contribution in [1.29, 1.82) is 0 Å². The molecule has 0 aliphatic carbocycles. The lowest BCUT2D eigenvalue weighted by Crippen LogP contribution is -2.25. The van der Waals surface area contributed by atoms with E-state index in [2.05, 4.69) is 17.3 Å². The highest BCUT2D eigenvalue weighted by molar-refractivity contribution is 6.30. The molecule has 1 aliphatic heterocycles. The minimum atomic E-state index is -0.102. The number of carbonyl (C=O) groups is 1. The zero-order valence-corrected chi connectivity index (χ0v) is 15.7. The highest BCUT2D eigenvalue weighted by Gasteiger charge is 2.32. The summed E-state index contributed by atoms with van der Waals surface area (Å²) >= 11 is 6.12. The minimum Gasteiger partial charge on any atom is -0.493 e. The van der Waals surface area contributed by atoms with Crippen LogP contribution in [0.3, 0.4) is 0 Å². The lowest BCUT2D eigenvalue weighted by atomic mass is 9.87. The molecule has 4 rings (SSSR count). The molecule has 6 heteroatoms. The summed E-state index contributed by atoms with van der Waals surface area (Å²) in [5, 5.41) is 8.10. The van der Waals surface area contributed by atoms with Gasteiger partial charge in [-0.3, -0.25) is 4.79 Å². The highest BCUT2D eigenvalue weighted by atomic mass is 35.5. The van der Waals surface area contributed by atoms with Crippen LogP contribution in [0.5, 0.6) is 5.75 Å². The topological polar surface area (TPSA) is 56.1 Å². The van der Waals surface area contributed by atoms with E-state index in [9.17, 15) is 4.79 Å². The van der Waals surface area contributed by atoms with Crippen molar-refractivity contribution in [2.24, 2.45) is 0 Å². The molecule has 0 radical (unpaired) electrons. The maximum absolute atomic E-state index is 12.5. The third-order valence-electron chi connectivity index (χ3n) is 4.63. The fourth-order valence-electron chi connectivity index (χ4n) is 3.41. The number of halogens is 1. The number of amides is 1. The van der Waals surface area contributed by atoms with Gasteiger partial charge in [-0.1, -0.05) is 42.8 Å². The van der Waals surface area contributed by atoms with Crippen molar-refractivity contribution >= 4 is 23.3 Å². The number of rotatable bonds is 5. The summed E-state index contributed by atoms with van der Waals surface area (Å²) in [6.07, 6.45) is 3.11. The first kappa shape index (κ1) is 17.6. The van der Waals surface area contributed by atoms with Crippen LogP contribution in [-0.4, -0.2) is 22.3 Å². The monoisotopic (exact) mass is 381 g/mol. The van der Waals surface area contributed by atoms with E-state index in [1.807, 2.05) is 54.7 Å². The van der Waals surface area contributed by atoms with Crippen molar-refractivity contribution in [3.63, 3.8) is 0 Å². The first-order valence-corrected chi connectivity index (χ1v) is 9.40. The smallest absolute Gasteiger partial charge is 0.226 e. The van der Waals surface area contributed by atoms with Gasteiger partial charge in [0.1, 0.15) is 11.6 Å². The van der Waals surface area contributed by atoms with Gasteiger partial charge in [0, 0.05) is 28.5 Å². The van der Waals surface area contributed by atoms with Gasteiger partial charge in [-0.2, -0.15) is 5.10 Å². The molecular formula is C21H20ClN3O2. The number of ether oxygens (including phenoxy) is 1. The number of hydrogen-bond acceptors (Lipinski definition) is 3. The molecule has 0 saturated heterocycles. The summed E-state index contributed by atoms with van der Waals surface area (Å²) in [5.41, 5.74) is 2.79. The summed E-state index contributed by atoms with van der Waals surface area (Å²) in [6.45, 7) is 2.72. The molecule has 0 saturated carbocycles. The fraction of sp³-hybridized carbons (Fsp3) is 0.238. The minimum absolute atomic E-state index is 0.0402. The molecule has 5 nitrogen and oxygen atoms in total. The van der Waals surface area contributed by atoms with Crippen LogP contribution in [0.2, 0.25) is 5.02 Å². The summed E-state index contributed by atoms with van der Waals surface area (Å²) < 4.78 is 7.64. The molecule has 1 unspecified atom stereocenters. The summed E-state index contributed by atoms with van der Waals surface area (Å²) in [4.78, 5) is 12.5. The van der Waals surface area contributed by atoms with E-state index in [4.69, 9.17) is 16.3 Å². The van der Waals surface area contributed by atoms with Crippen LogP contribution < -0.4 is 10.1 Å². The predicted octanol–water partition coefficient (Wildman–Crippen LogP) is 4.79. The van der Waals surface area contributed by atoms with Crippen LogP contribution in [0.4, 0.5) is 5.82 Å². The summed E-state index contributed by atoms with van der Waals surface area (Å²) in [5.74, 6) is 1.36. The molecule has 0 spiro atoms. The molecule has 2 aromatic carbocycles. The average molecular weight is 382 g/mol. The largest absolute Gasteiger partial charge is 0.493 e. The molecule has 1 aromatic heterocycles. The molecule has 0 fully saturated rings. The standard InChI is InChI=1S/C21H20ClN3O2/c1-2-10-27-19-9-4-3-8-16(19)17-12-20(26)24-21-18(17)13-23-25(21)15-7-5-6-14(22)11-15/h3-9,11,13,17H,2,10,12H2,1H3,(H,24,26). The van der Waals surface area contributed by atoms with Gasteiger partial charge in [-0.15, -0.1) is 0 Å². The Morgan fingerprint density at radius 3 is 2.89 bits per heavy atom. The number of anilines is 1. The van der Waals surface area contributed by atoms with Crippen molar-refractivity contribution < 1.29 is 9.53 Å². The van der Waals surface area contributed by atoms with Gasteiger partial charge >= 0.3 is 0 Å². The van der Waals surface area contributed by atoms with E-state index in [1.54, 1.807) is 4.68 Å². The molecular weight excluding hydrogens is 362 g/mol. The Bertz CT molecular complexity index is 983. The van der Waals surface area contributed by atoms with E-state index in [0.717, 1.165) is 29.0 Å². The number of nitrogens with one attached hydrogen (secondary N) is 1. The zero-order chi connectivity index (χ0) is 18.8. The summed E-state index contributed by atoms with van der Waals surface area (Å²) in [7, 11) is 0. The maximum Gasteiger partial charge on any atom is 0.226 e. The Morgan fingerprint density at radius 2 is 2.07 bits per heavy atom. The van der Waals surface area contributed by atoms with Crippen LogP contribution in [0.1, 0.15) is 36.8 Å². The van der Waals surface area contributed by atoms with Crippen LogP contribution in [-0.2, 0) is 4.79 Å². The van der Waals surface area contributed by atoms with Crippen molar-refractivity contribution in [1.82, 2.24) is 9.78 Å². The number of fused-ring (bicyclic) bond motifs is 1. The van der Waals surface area contributed by atoms with Crippen molar-refractivity contribution in [2.75, 3.05) is 11.9 Å². The van der Waals surface area contributed by atoms with Crippen molar-refractivity contribution in [3.8, 4) is 11.4 Å². The number of para-hydroxylation sites is 1. The Labute approximate surface area is 162 Å². The van der Waals surface area contributed by atoms with E-state index >= 15 is 0 Å². The first-order chi connectivity index (χ1) is 13.2. The van der Waals surface area contributed by atoms with E-state index in [-0.39, 0.29) is 11.8 Å². The molecule has 3 aromatic rings. The second-order valence-electron chi connectivity index (χ2n) is 6.53. The Kier molecular flexibility index (Phi) is 4.86. The number of hydrogen-bond donors (Lipinski definition) is 1. The number of benzene rings is 2. The number of aromatic nitrogens is 2. The van der Waals surface area contributed by atoms with Gasteiger partial charge in [0.25, 0.3) is 0 Å². The fourth-order valence-corrected chi connectivity index (χ4v) is 3.60. The van der Waals surface area contributed by atoms with E-state index < -0.39 is 0 Å². The maximum atomic E-state index is 12.5. The second-order valence-corrected chi connectivity index (χ2v) is 6.97. The third kappa shape index (κ3) is 3.43. The van der Waals surface area contributed by atoms with Crippen LogP contribution in [0, 0.1) is 0 Å². The average Bonchev–Trinajstić information content (AvgIpc) is 3.09. The predicted molar refractivity (Wildman–Crippen MR) is 106 cm³/mol. The zero-order valence-electron chi connectivity index (χ0n) is 15.0. The molecule has 27 heavy (non-hydrogen) atoms. The highest BCUT2D eigenvalue weighted by Crippen LogP contribution is 2.41. The van der Waals surface area contributed by atoms with Gasteiger partial charge in [0.2, 0.25) is 5.91 Å². The Hall–Kier alpha value is -2.79. The molecule has 1 aliphatic rings. The molecule has 138 valence electrons. The van der Waals surface area contributed by atoms with Gasteiger partial charge in [0.05, 0.1) is 18.5 Å². The van der Waals surface area contributed by atoms with Crippen LogP contribution >= 0.6 is 11.6 Å². The Balaban J connectivity index is 1.78. The second kappa shape index (κ2) is 7.45. The van der Waals surface area contributed by atoms with Crippen molar-refractivity contribution in [3.05, 3.63) is 70.9 Å². The SMILES string of the molecule is CCCOc1ccccc1C1CC(=O)Nc2c1cnn2-c1cccc(Cl)c1. The quantitative estimate of drug-likeness (QED) is 0.691. The first-order valence-electron chi connectivity index (χ1n) is 9.02. The van der Waals surface area contributed by atoms with Gasteiger partial charge in [-0.05, 0) is 30.7 Å². The van der Waals surface area contributed by atoms with Crippen LogP contribution in [0.25, 0.3) is 5.69 Å². The van der Waals surface area contributed by atoms with Gasteiger partial charge in [-0.25, -0.2) is 4.68 Å². The lowest BCUT2D eigenvalue weighted by Gasteiger charge is -2.25. The third-order valence-corrected chi connectivity index (χ3v) is 4.86. The summed E-state index contributed by atoms with van der Waals surface area (Å²) in [6, 6.07) is 15.3. The van der Waals surface area contributed by atoms with E-state index in [1.165, 1.54) is 0 Å². The van der Waals surface area contributed by atoms with Crippen molar-refractivity contribution in [2.45, 2.75) is 25.7 Å². The van der Waals surface area contributed by atoms with Gasteiger partial charge < -0.3 is 10.1 Å². The van der Waals surface area contributed by atoms with Gasteiger partial charge in [0.15, 0.2) is 0 Å².